The van der Waals surface area contributed by atoms with E-state index in [0.717, 1.165) is 0 Å². The van der Waals surface area contributed by atoms with Crippen LogP contribution in [0.15, 0.2) is 30.3 Å². The molecule has 1 aromatic carbocycles. The number of hydrogen-bond acceptors (Lipinski definition) is 5. The van der Waals surface area contributed by atoms with Crippen LogP contribution in [0.25, 0.3) is 0 Å². The van der Waals surface area contributed by atoms with E-state index < -0.39 is 18.0 Å². The Hall–Kier alpha value is -3.09. The van der Waals surface area contributed by atoms with Crippen molar-refractivity contribution < 1.29 is 23.9 Å². The summed E-state index contributed by atoms with van der Waals surface area (Å²) in [6.45, 7) is 10.0. The van der Waals surface area contributed by atoms with Crippen molar-refractivity contribution >= 4 is 17.8 Å². The minimum Gasteiger partial charge on any atom is -0.461 e. The molecule has 2 rings (SSSR count). The molecule has 0 unspecified atom stereocenters. The van der Waals surface area contributed by atoms with Gasteiger partial charge in [-0.1, -0.05) is 30.3 Å². The Kier molecular flexibility index (Phi) is 7.59. The first-order valence-electron chi connectivity index (χ1n) is 9.76. The predicted octanol–water partition coefficient (Wildman–Crippen LogP) is 3.57. The fraction of sp³-hybridized carbons (Fsp3) is 0.409. The summed E-state index contributed by atoms with van der Waals surface area (Å²) in [5.41, 5.74) is 1.96. The van der Waals surface area contributed by atoms with Crippen LogP contribution in [-0.4, -0.2) is 47.4 Å². The zero-order valence-corrected chi connectivity index (χ0v) is 17.6. The van der Waals surface area contributed by atoms with Crippen molar-refractivity contribution in [3.63, 3.8) is 0 Å². The highest BCUT2D eigenvalue weighted by molar-refractivity contribution is 5.99. The zero-order valence-electron chi connectivity index (χ0n) is 17.6. The number of aromatic amines is 1. The smallest absolute Gasteiger partial charge is 0.355 e. The van der Waals surface area contributed by atoms with Crippen LogP contribution in [0.3, 0.4) is 0 Å². The van der Waals surface area contributed by atoms with Gasteiger partial charge in [-0.3, -0.25) is 4.79 Å². The Bertz CT molecular complexity index is 869. The first-order chi connectivity index (χ1) is 13.8. The quantitative estimate of drug-likeness (QED) is 0.684. The maximum absolute atomic E-state index is 13.0. The van der Waals surface area contributed by atoms with Crippen molar-refractivity contribution in [1.29, 1.82) is 0 Å². The number of aryl methyl sites for hydroxylation is 1. The van der Waals surface area contributed by atoms with Crippen molar-refractivity contribution in [2.45, 2.75) is 40.7 Å². The first-order valence-corrected chi connectivity index (χ1v) is 9.76. The molecule has 0 saturated heterocycles. The Labute approximate surface area is 171 Å². The summed E-state index contributed by atoms with van der Waals surface area (Å²) in [6.07, 6.45) is -1.07. The Balaban J connectivity index is 2.38. The van der Waals surface area contributed by atoms with E-state index in [-0.39, 0.29) is 23.8 Å². The monoisotopic (exact) mass is 400 g/mol. The summed E-state index contributed by atoms with van der Waals surface area (Å²) in [6, 6.07) is 8.91. The molecule has 1 amide bonds. The Morgan fingerprint density at radius 2 is 1.62 bits per heavy atom. The molecule has 7 nitrogen and oxygen atoms in total. The lowest BCUT2D eigenvalue weighted by molar-refractivity contribution is -0.140. The van der Waals surface area contributed by atoms with Gasteiger partial charge in [0.25, 0.3) is 5.91 Å². The van der Waals surface area contributed by atoms with Gasteiger partial charge in [0.2, 0.25) is 6.10 Å². The number of nitrogens with one attached hydrogen (secondary N) is 1. The van der Waals surface area contributed by atoms with E-state index >= 15 is 0 Å². The van der Waals surface area contributed by atoms with E-state index in [9.17, 15) is 14.4 Å². The van der Waals surface area contributed by atoms with Crippen LogP contribution in [0.5, 0.6) is 0 Å². The molecule has 156 valence electrons. The van der Waals surface area contributed by atoms with E-state index in [2.05, 4.69) is 4.98 Å². The molecule has 0 aliphatic carbocycles. The third kappa shape index (κ3) is 4.85. The molecule has 0 aliphatic heterocycles. The average Bonchev–Trinajstić information content (AvgIpc) is 3.02. The fourth-order valence-electron chi connectivity index (χ4n) is 3.22. The third-order valence-corrected chi connectivity index (χ3v) is 4.75. The molecule has 0 spiro atoms. The van der Waals surface area contributed by atoms with E-state index in [1.165, 1.54) is 0 Å². The molecule has 0 saturated carbocycles. The van der Waals surface area contributed by atoms with E-state index in [1.807, 2.05) is 19.9 Å². The number of rotatable bonds is 8. The molecule has 1 N–H and O–H groups in total. The molecule has 0 bridgehead atoms. The average molecular weight is 400 g/mol. The van der Waals surface area contributed by atoms with Crippen LogP contribution >= 0.6 is 0 Å². The van der Waals surface area contributed by atoms with E-state index in [4.69, 9.17) is 9.47 Å². The third-order valence-electron chi connectivity index (χ3n) is 4.75. The van der Waals surface area contributed by atoms with Crippen molar-refractivity contribution in [3.8, 4) is 0 Å². The molecule has 29 heavy (non-hydrogen) atoms. The molecule has 0 radical (unpaired) electrons. The summed E-state index contributed by atoms with van der Waals surface area (Å²) in [5.74, 6) is -1.49. The van der Waals surface area contributed by atoms with Crippen LogP contribution in [0, 0.1) is 13.8 Å². The normalized spacial score (nSPS) is 11.6. The van der Waals surface area contributed by atoms with E-state index in [1.54, 1.807) is 49.9 Å². The largest absolute Gasteiger partial charge is 0.461 e. The number of benzene rings is 1. The van der Waals surface area contributed by atoms with E-state index in [0.29, 0.717) is 29.9 Å². The van der Waals surface area contributed by atoms with Gasteiger partial charge < -0.3 is 19.4 Å². The number of carbonyl (C=O) groups excluding carboxylic acids is 3. The second-order valence-electron chi connectivity index (χ2n) is 6.55. The maximum atomic E-state index is 13.0. The minimum absolute atomic E-state index is 0.211. The number of esters is 2. The van der Waals surface area contributed by atoms with Gasteiger partial charge >= 0.3 is 11.9 Å². The van der Waals surface area contributed by atoms with Crippen LogP contribution in [-0.2, 0) is 14.3 Å². The summed E-state index contributed by atoms with van der Waals surface area (Å²) in [4.78, 5) is 42.6. The van der Waals surface area contributed by atoms with Crippen LogP contribution in [0.4, 0.5) is 0 Å². The first kappa shape index (κ1) is 22.2. The Morgan fingerprint density at radius 3 is 2.17 bits per heavy atom. The lowest BCUT2D eigenvalue weighted by Crippen LogP contribution is -2.36. The highest BCUT2D eigenvalue weighted by atomic mass is 16.5. The second-order valence-corrected chi connectivity index (χ2v) is 6.55. The molecule has 1 atom stereocenters. The van der Waals surface area contributed by atoms with Crippen molar-refractivity contribution in [2.75, 3.05) is 19.7 Å². The minimum atomic E-state index is -1.07. The number of ether oxygens (including phenoxy) is 2. The van der Waals surface area contributed by atoms with Gasteiger partial charge in [0.05, 0.1) is 12.2 Å². The SMILES string of the molecule is CCOC(=O)c1[nH]c(C)c(C(=O)O[C@H](C(=O)N(CC)CC)c2ccccc2)c1C. The van der Waals surface area contributed by atoms with Crippen molar-refractivity contribution in [2.24, 2.45) is 0 Å². The molecule has 0 aliphatic rings. The van der Waals surface area contributed by atoms with Crippen LogP contribution < -0.4 is 0 Å². The van der Waals surface area contributed by atoms with Crippen LogP contribution in [0.2, 0.25) is 0 Å². The zero-order chi connectivity index (χ0) is 21.6. The Morgan fingerprint density at radius 1 is 1.00 bits per heavy atom. The highest BCUT2D eigenvalue weighted by Gasteiger charge is 2.31. The molecule has 1 aromatic heterocycles. The number of likely N-dealkylation sites (N-methyl/N-ethyl adjacent to an activating group) is 1. The number of nitrogens with zero attached hydrogens (tertiary/aromatic N) is 1. The standard InChI is InChI=1S/C22H28N2O5/c1-6-24(7-2)20(25)19(16-12-10-9-11-13-16)29-21(26)17-14(4)18(23-15(17)5)22(27)28-8-3/h9-13,19,23H,6-8H2,1-5H3/t19-/m0/s1. The molecular formula is C22H28N2O5. The lowest BCUT2D eigenvalue weighted by atomic mass is 10.1. The predicted molar refractivity (Wildman–Crippen MR) is 109 cm³/mol. The molecular weight excluding hydrogens is 372 g/mol. The number of H-pyrrole nitrogens is 1. The lowest BCUT2D eigenvalue weighted by Gasteiger charge is -2.25. The molecule has 1 heterocycles. The number of aromatic nitrogens is 1. The summed E-state index contributed by atoms with van der Waals surface area (Å²) >= 11 is 0. The van der Waals surface area contributed by atoms with Gasteiger partial charge in [-0.05, 0) is 40.2 Å². The molecule has 7 heteroatoms. The van der Waals surface area contributed by atoms with Crippen LogP contribution in [0.1, 0.15) is 64.5 Å². The second kappa shape index (κ2) is 9.91. The maximum Gasteiger partial charge on any atom is 0.355 e. The summed E-state index contributed by atoms with van der Waals surface area (Å²) < 4.78 is 10.7. The van der Waals surface area contributed by atoms with Crippen molar-refractivity contribution in [3.05, 3.63) is 58.4 Å². The summed E-state index contributed by atoms with van der Waals surface area (Å²) in [7, 11) is 0. The number of amides is 1. The van der Waals surface area contributed by atoms with Gasteiger partial charge in [-0.25, -0.2) is 9.59 Å². The summed E-state index contributed by atoms with van der Waals surface area (Å²) in [5, 5.41) is 0. The van der Waals surface area contributed by atoms with Gasteiger partial charge in [0, 0.05) is 24.3 Å². The topological polar surface area (TPSA) is 88.7 Å². The molecule has 0 fully saturated rings. The van der Waals surface area contributed by atoms with Gasteiger partial charge in [-0.15, -0.1) is 0 Å². The van der Waals surface area contributed by atoms with Gasteiger partial charge in [0.1, 0.15) is 5.69 Å². The van der Waals surface area contributed by atoms with Crippen molar-refractivity contribution in [1.82, 2.24) is 9.88 Å². The van der Waals surface area contributed by atoms with Gasteiger partial charge in [0.15, 0.2) is 0 Å². The highest BCUT2D eigenvalue weighted by Crippen LogP contribution is 2.25. The fourth-order valence-corrected chi connectivity index (χ4v) is 3.22. The molecule has 2 aromatic rings. The number of carbonyl (C=O) groups is 3. The number of hydrogen-bond donors (Lipinski definition) is 1. The van der Waals surface area contributed by atoms with Gasteiger partial charge in [-0.2, -0.15) is 0 Å².